The van der Waals surface area contributed by atoms with Crippen LogP contribution in [0.3, 0.4) is 0 Å². The largest absolute Gasteiger partial charge is 0.350 e. The van der Waals surface area contributed by atoms with Gasteiger partial charge in [0.15, 0.2) is 0 Å². The van der Waals surface area contributed by atoms with Crippen molar-refractivity contribution < 1.29 is 4.79 Å². The van der Waals surface area contributed by atoms with E-state index in [-0.39, 0.29) is 18.3 Å². The van der Waals surface area contributed by atoms with Crippen LogP contribution in [0.1, 0.15) is 33.8 Å². The third kappa shape index (κ3) is 3.92. The highest BCUT2D eigenvalue weighted by atomic mass is 35.5. The molecular formula is C19H23ClN4OS. The van der Waals surface area contributed by atoms with E-state index in [1.165, 1.54) is 23.3 Å². The van der Waals surface area contributed by atoms with Crippen LogP contribution in [0, 0.1) is 6.92 Å². The highest BCUT2D eigenvalue weighted by Gasteiger charge is 2.19. The number of halogens is 1. The predicted octanol–water partition coefficient (Wildman–Crippen LogP) is 3.36. The average Bonchev–Trinajstić information content (AvgIpc) is 3.34. The first kappa shape index (κ1) is 18.9. The van der Waals surface area contributed by atoms with E-state index in [4.69, 9.17) is 0 Å². The van der Waals surface area contributed by atoms with Crippen molar-refractivity contribution in [1.82, 2.24) is 20.4 Å². The summed E-state index contributed by atoms with van der Waals surface area (Å²) in [6.07, 6.45) is 2.33. The second-order valence-electron chi connectivity index (χ2n) is 6.56. The van der Waals surface area contributed by atoms with Gasteiger partial charge in [0.05, 0.1) is 17.1 Å². The lowest BCUT2D eigenvalue weighted by atomic mass is 10.2. The van der Waals surface area contributed by atoms with E-state index in [0.717, 1.165) is 40.3 Å². The Hall–Kier alpha value is -1.89. The quantitative estimate of drug-likeness (QED) is 0.702. The van der Waals surface area contributed by atoms with Gasteiger partial charge >= 0.3 is 0 Å². The van der Waals surface area contributed by atoms with Crippen LogP contribution in [-0.4, -0.2) is 34.8 Å². The van der Waals surface area contributed by atoms with Gasteiger partial charge in [0, 0.05) is 18.0 Å². The van der Waals surface area contributed by atoms with Crippen molar-refractivity contribution in [2.45, 2.75) is 32.4 Å². The Labute approximate surface area is 163 Å². The van der Waals surface area contributed by atoms with E-state index in [1.807, 2.05) is 35.9 Å². The van der Waals surface area contributed by atoms with Crippen LogP contribution in [-0.2, 0) is 6.54 Å². The number of aryl methyl sites for hydroxylation is 1. The molecule has 0 spiro atoms. The van der Waals surface area contributed by atoms with Crippen LogP contribution < -0.4 is 10.6 Å². The summed E-state index contributed by atoms with van der Waals surface area (Å²) in [7, 11) is 0. The molecule has 2 aromatic heterocycles. The maximum Gasteiger partial charge on any atom is 0.261 e. The van der Waals surface area contributed by atoms with Gasteiger partial charge in [-0.05, 0) is 37.9 Å². The lowest BCUT2D eigenvalue weighted by Gasteiger charge is -2.10. The molecule has 1 atom stereocenters. The minimum absolute atomic E-state index is 0. The van der Waals surface area contributed by atoms with Crippen LogP contribution in [0.5, 0.6) is 0 Å². The maximum atomic E-state index is 12.5. The summed E-state index contributed by atoms with van der Waals surface area (Å²) in [5, 5.41) is 12.2. The molecule has 4 rings (SSSR count). The Morgan fingerprint density at radius 2 is 2.19 bits per heavy atom. The molecule has 1 fully saturated rings. The van der Waals surface area contributed by atoms with Crippen LogP contribution in [0.25, 0.3) is 10.2 Å². The van der Waals surface area contributed by atoms with Crippen LogP contribution in [0.15, 0.2) is 36.4 Å². The van der Waals surface area contributed by atoms with Crippen molar-refractivity contribution in [3.05, 3.63) is 52.5 Å². The van der Waals surface area contributed by atoms with Crippen molar-refractivity contribution in [3.63, 3.8) is 0 Å². The first-order valence-electron chi connectivity index (χ1n) is 8.73. The Morgan fingerprint density at radius 3 is 2.92 bits per heavy atom. The molecule has 1 aliphatic rings. The fraction of sp³-hybridized carbons (Fsp3) is 0.368. The average molecular weight is 391 g/mol. The monoisotopic (exact) mass is 390 g/mol. The third-order valence-corrected chi connectivity index (χ3v) is 5.82. The minimum Gasteiger partial charge on any atom is -0.350 e. The number of nitrogens with one attached hydrogen (secondary N) is 2. The van der Waals surface area contributed by atoms with Crippen LogP contribution in [0.4, 0.5) is 0 Å². The zero-order valence-electron chi connectivity index (χ0n) is 14.7. The Bertz CT molecular complexity index is 884. The molecule has 0 aliphatic carbocycles. The number of hydrogen-bond donors (Lipinski definition) is 2. The molecule has 0 radical (unpaired) electrons. The van der Waals surface area contributed by atoms with Gasteiger partial charge in [-0.15, -0.1) is 23.7 Å². The van der Waals surface area contributed by atoms with Crippen molar-refractivity contribution in [2.24, 2.45) is 0 Å². The molecule has 0 saturated carbocycles. The van der Waals surface area contributed by atoms with E-state index in [1.54, 1.807) is 0 Å². The van der Waals surface area contributed by atoms with Gasteiger partial charge in [-0.25, -0.2) is 0 Å². The smallest absolute Gasteiger partial charge is 0.261 e. The molecule has 1 aromatic carbocycles. The highest BCUT2D eigenvalue weighted by Crippen LogP contribution is 2.28. The molecule has 2 N–H and O–H groups in total. The number of benzene rings is 1. The van der Waals surface area contributed by atoms with Crippen molar-refractivity contribution in [2.75, 3.05) is 13.1 Å². The van der Waals surface area contributed by atoms with Crippen LogP contribution in [0.2, 0.25) is 0 Å². The van der Waals surface area contributed by atoms with Gasteiger partial charge < -0.3 is 10.6 Å². The number of thiophene rings is 1. The molecule has 1 amide bonds. The van der Waals surface area contributed by atoms with Gasteiger partial charge in [-0.1, -0.05) is 30.3 Å². The molecule has 26 heavy (non-hydrogen) atoms. The molecule has 3 aromatic rings. The normalized spacial score (nSPS) is 16.6. The van der Waals surface area contributed by atoms with Gasteiger partial charge in [0.25, 0.3) is 5.91 Å². The second kappa shape index (κ2) is 8.20. The summed E-state index contributed by atoms with van der Waals surface area (Å²) in [5.41, 5.74) is 2.18. The van der Waals surface area contributed by atoms with E-state index < -0.39 is 0 Å². The first-order valence-corrected chi connectivity index (χ1v) is 9.55. The number of rotatable bonds is 5. The van der Waals surface area contributed by atoms with E-state index in [9.17, 15) is 4.79 Å². The Morgan fingerprint density at radius 1 is 1.38 bits per heavy atom. The van der Waals surface area contributed by atoms with Crippen LogP contribution >= 0.6 is 23.7 Å². The molecule has 7 heteroatoms. The molecular weight excluding hydrogens is 368 g/mol. The molecule has 138 valence electrons. The van der Waals surface area contributed by atoms with E-state index in [0.29, 0.717) is 12.6 Å². The predicted molar refractivity (Wildman–Crippen MR) is 108 cm³/mol. The SMILES string of the molecule is Cc1nn(Cc2ccccc2)c2sc(C(=O)NCC3CCCN3)cc12.Cl. The van der Waals surface area contributed by atoms with E-state index >= 15 is 0 Å². The van der Waals surface area contributed by atoms with Gasteiger partial charge in [-0.2, -0.15) is 5.10 Å². The van der Waals surface area contributed by atoms with E-state index in [2.05, 4.69) is 27.9 Å². The summed E-state index contributed by atoms with van der Waals surface area (Å²) in [6.45, 7) is 4.47. The fourth-order valence-electron chi connectivity index (χ4n) is 3.32. The lowest BCUT2D eigenvalue weighted by Crippen LogP contribution is -2.36. The van der Waals surface area contributed by atoms with Gasteiger partial charge in [0.2, 0.25) is 0 Å². The number of amides is 1. The van der Waals surface area contributed by atoms with Crippen molar-refractivity contribution in [1.29, 1.82) is 0 Å². The summed E-state index contributed by atoms with van der Waals surface area (Å²) >= 11 is 1.52. The third-order valence-electron chi connectivity index (χ3n) is 4.68. The molecule has 3 heterocycles. The zero-order chi connectivity index (χ0) is 17.2. The number of carbonyl (C=O) groups excluding carboxylic acids is 1. The molecule has 1 saturated heterocycles. The molecule has 1 unspecified atom stereocenters. The highest BCUT2D eigenvalue weighted by molar-refractivity contribution is 7.20. The lowest BCUT2D eigenvalue weighted by molar-refractivity contribution is 0.0954. The number of fused-ring (bicyclic) bond motifs is 1. The molecule has 1 aliphatic heterocycles. The summed E-state index contributed by atoms with van der Waals surface area (Å²) in [5.74, 6) is 0.0144. The maximum absolute atomic E-state index is 12.5. The summed E-state index contributed by atoms with van der Waals surface area (Å²) in [6, 6.07) is 12.7. The number of nitrogens with zero attached hydrogens (tertiary/aromatic N) is 2. The Kier molecular flexibility index (Phi) is 5.96. The van der Waals surface area contributed by atoms with Gasteiger partial charge in [0.1, 0.15) is 4.83 Å². The molecule has 5 nitrogen and oxygen atoms in total. The topological polar surface area (TPSA) is 59.0 Å². The number of carbonyl (C=O) groups is 1. The summed E-state index contributed by atoms with van der Waals surface area (Å²) in [4.78, 5) is 14.3. The number of hydrogen-bond acceptors (Lipinski definition) is 4. The molecule has 0 bridgehead atoms. The van der Waals surface area contributed by atoms with Crippen molar-refractivity contribution >= 4 is 39.9 Å². The zero-order valence-corrected chi connectivity index (χ0v) is 16.3. The minimum atomic E-state index is 0. The fourth-order valence-corrected chi connectivity index (χ4v) is 4.40. The number of aromatic nitrogens is 2. The first-order chi connectivity index (χ1) is 12.2. The Balaban J connectivity index is 0.00000196. The second-order valence-corrected chi connectivity index (χ2v) is 7.59. The summed E-state index contributed by atoms with van der Waals surface area (Å²) < 4.78 is 2.00. The standard InChI is InChI=1S/C19H22N4OS.ClH/c1-13-16-10-17(18(24)21-11-15-8-5-9-20-15)25-19(16)23(22-13)12-14-6-3-2-4-7-14;/h2-4,6-7,10,15,20H,5,8-9,11-12H2,1H3,(H,21,24);1H. The van der Waals surface area contributed by atoms with Crippen molar-refractivity contribution in [3.8, 4) is 0 Å². The van der Waals surface area contributed by atoms with Gasteiger partial charge in [-0.3, -0.25) is 9.48 Å².